The van der Waals surface area contributed by atoms with Gasteiger partial charge in [-0.25, -0.2) is 4.98 Å². The average molecular weight is 287 g/mol. The molecule has 1 unspecified atom stereocenters. The summed E-state index contributed by atoms with van der Waals surface area (Å²) in [5.74, 6) is 0. The van der Waals surface area contributed by atoms with Crippen molar-refractivity contribution in [1.29, 1.82) is 0 Å². The molecular formula is C16H21N3S. The van der Waals surface area contributed by atoms with Crippen LogP contribution in [-0.2, 0) is 6.54 Å². The van der Waals surface area contributed by atoms with Crippen LogP contribution in [0.25, 0.3) is 0 Å². The number of thioether (sulfide) groups is 1. The quantitative estimate of drug-likeness (QED) is 0.820. The molecule has 1 aliphatic rings. The van der Waals surface area contributed by atoms with Crippen molar-refractivity contribution in [2.24, 2.45) is 0 Å². The normalized spacial score (nSPS) is 16.3. The van der Waals surface area contributed by atoms with E-state index in [4.69, 9.17) is 0 Å². The van der Waals surface area contributed by atoms with Gasteiger partial charge in [-0.1, -0.05) is 12.1 Å². The van der Waals surface area contributed by atoms with Crippen LogP contribution in [-0.4, -0.2) is 15.8 Å². The molecule has 0 radical (unpaired) electrons. The lowest BCUT2D eigenvalue weighted by Gasteiger charge is -2.15. The second-order valence-electron chi connectivity index (χ2n) is 5.40. The van der Waals surface area contributed by atoms with Gasteiger partial charge < -0.3 is 9.88 Å². The van der Waals surface area contributed by atoms with Crippen LogP contribution in [0.5, 0.6) is 0 Å². The molecule has 1 aromatic carbocycles. The summed E-state index contributed by atoms with van der Waals surface area (Å²) in [5.41, 5.74) is 2.63. The maximum atomic E-state index is 4.28. The number of nitrogens with one attached hydrogen (secondary N) is 1. The van der Waals surface area contributed by atoms with Crippen LogP contribution in [0.3, 0.4) is 0 Å². The van der Waals surface area contributed by atoms with E-state index in [0.29, 0.717) is 12.1 Å². The van der Waals surface area contributed by atoms with E-state index in [1.165, 1.54) is 29.0 Å². The molecule has 1 heterocycles. The zero-order valence-corrected chi connectivity index (χ0v) is 12.9. The van der Waals surface area contributed by atoms with E-state index in [-0.39, 0.29) is 0 Å². The Labute approximate surface area is 124 Å². The van der Waals surface area contributed by atoms with E-state index < -0.39 is 0 Å². The van der Waals surface area contributed by atoms with E-state index in [2.05, 4.69) is 52.3 Å². The van der Waals surface area contributed by atoms with E-state index in [0.717, 1.165) is 6.54 Å². The van der Waals surface area contributed by atoms with Gasteiger partial charge in [0.25, 0.3) is 0 Å². The summed E-state index contributed by atoms with van der Waals surface area (Å²) < 4.78 is 2.32. The zero-order chi connectivity index (χ0) is 13.9. The molecule has 106 valence electrons. The van der Waals surface area contributed by atoms with E-state index in [1.54, 1.807) is 11.8 Å². The number of benzene rings is 1. The van der Waals surface area contributed by atoms with Gasteiger partial charge in [0, 0.05) is 29.7 Å². The van der Waals surface area contributed by atoms with Crippen molar-refractivity contribution in [2.75, 3.05) is 6.26 Å². The minimum absolute atomic E-state index is 0.355. The lowest BCUT2D eigenvalue weighted by molar-refractivity contribution is 0.547. The first-order valence-corrected chi connectivity index (χ1v) is 8.38. The van der Waals surface area contributed by atoms with Crippen molar-refractivity contribution in [3.8, 4) is 0 Å². The van der Waals surface area contributed by atoms with Crippen LogP contribution in [0, 0.1) is 0 Å². The molecule has 3 rings (SSSR count). The van der Waals surface area contributed by atoms with Gasteiger partial charge in [-0.05, 0) is 43.7 Å². The summed E-state index contributed by atoms with van der Waals surface area (Å²) in [6.45, 7) is 3.09. The highest BCUT2D eigenvalue weighted by molar-refractivity contribution is 7.98. The molecule has 3 nitrogen and oxygen atoms in total. The van der Waals surface area contributed by atoms with Crippen LogP contribution in [0.1, 0.15) is 43.1 Å². The van der Waals surface area contributed by atoms with Gasteiger partial charge in [0.15, 0.2) is 0 Å². The summed E-state index contributed by atoms with van der Waals surface area (Å²) in [7, 11) is 0. The number of rotatable bonds is 6. The van der Waals surface area contributed by atoms with Crippen molar-refractivity contribution in [1.82, 2.24) is 14.9 Å². The number of imidazole rings is 1. The van der Waals surface area contributed by atoms with Crippen LogP contribution >= 0.6 is 11.8 Å². The van der Waals surface area contributed by atoms with Gasteiger partial charge in [0.05, 0.1) is 12.0 Å². The predicted octanol–water partition coefficient (Wildman–Crippen LogP) is 3.79. The Morgan fingerprint density at radius 2 is 2.10 bits per heavy atom. The minimum atomic E-state index is 0.355. The summed E-state index contributed by atoms with van der Waals surface area (Å²) in [4.78, 5) is 5.59. The maximum absolute atomic E-state index is 4.28. The Balaban J connectivity index is 1.60. The van der Waals surface area contributed by atoms with Crippen LogP contribution < -0.4 is 5.32 Å². The number of nitrogens with zero attached hydrogens (tertiary/aromatic N) is 2. The third kappa shape index (κ3) is 3.07. The fourth-order valence-corrected chi connectivity index (χ4v) is 2.83. The van der Waals surface area contributed by atoms with Crippen molar-refractivity contribution < 1.29 is 0 Å². The molecule has 1 N–H and O–H groups in total. The first kappa shape index (κ1) is 13.7. The summed E-state index contributed by atoms with van der Waals surface area (Å²) in [5, 5.41) is 3.59. The van der Waals surface area contributed by atoms with Gasteiger partial charge in [0.1, 0.15) is 0 Å². The Morgan fingerprint density at radius 3 is 2.75 bits per heavy atom. The Morgan fingerprint density at radius 1 is 1.35 bits per heavy atom. The topological polar surface area (TPSA) is 29.9 Å². The second-order valence-corrected chi connectivity index (χ2v) is 6.28. The summed E-state index contributed by atoms with van der Waals surface area (Å²) >= 11 is 1.78. The first-order valence-electron chi connectivity index (χ1n) is 7.16. The summed E-state index contributed by atoms with van der Waals surface area (Å²) in [6.07, 6.45) is 8.65. The SMILES string of the molecule is CSc1ccc(C(C)NCc2cncn2C2CC2)cc1. The zero-order valence-electron chi connectivity index (χ0n) is 12.0. The largest absolute Gasteiger partial charge is 0.330 e. The molecule has 20 heavy (non-hydrogen) atoms. The Hall–Kier alpha value is -1.26. The van der Waals surface area contributed by atoms with Crippen molar-refractivity contribution >= 4 is 11.8 Å². The summed E-state index contributed by atoms with van der Waals surface area (Å²) in [6, 6.07) is 9.85. The molecule has 1 saturated carbocycles. The molecule has 2 aromatic rings. The molecule has 0 amide bonds. The van der Waals surface area contributed by atoms with Gasteiger partial charge in [0.2, 0.25) is 0 Å². The van der Waals surface area contributed by atoms with E-state index >= 15 is 0 Å². The standard InChI is InChI=1S/C16H21N3S/c1-12(13-3-7-16(20-2)8-4-13)18-10-15-9-17-11-19(15)14-5-6-14/h3-4,7-9,11-12,14,18H,5-6,10H2,1-2H3. The van der Waals surface area contributed by atoms with Crippen molar-refractivity contribution in [3.05, 3.63) is 48.0 Å². The van der Waals surface area contributed by atoms with Gasteiger partial charge in [-0.2, -0.15) is 0 Å². The number of aromatic nitrogens is 2. The molecule has 1 aliphatic carbocycles. The molecule has 1 aromatic heterocycles. The number of hydrogen-bond donors (Lipinski definition) is 1. The molecule has 0 spiro atoms. The van der Waals surface area contributed by atoms with Crippen molar-refractivity contribution in [3.63, 3.8) is 0 Å². The molecule has 1 fully saturated rings. The highest BCUT2D eigenvalue weighted by Crippen LogP contribution is 2.35. The smallest absolute Gasteiger partial charge is 0.0951 e. The van der Waals surface area contributed by atoms with E-state index in [1.807, 2.05) is 12.5 Å². The van der Waals surface area contributed by atoms with Crippen LogP contribution in [0.4, 0.5) is 0 Å². The predicted molar refractivity (Wildman–Crippen MR) is 84.0 cm³/mol. The molecule has 0 aliphatic heterocycles. The maximum Gasteiger partial charge on any atom is 0.0951 e. The van der Waals surface area contributed by atoms with E-state index in [9.17, 15) is 0 Å². The van der Waals surface area contributed by atoms with Gasteiger partial charge >= 0.3 is 0 Å². The molecule has 0 saturated heterocycles. The Bertz CT molecular complexity index is 557. The third-order valence-electron chi connectivity index (χ3n) is 3.89. The fourth-order valence-electron chi connectivity index (χ4n) is 2.42. The van der Waals surface area contributed by atoms with Crippen LogP contribution in [0.2, 0.25) is 0 Å². The lowest BCUT2D eigenvalue weighted by atomic mass is 10.1. The second kappa shape index (κ2) is 6.02. The average Bonchev–Trinajstić information content (AvgIpc) is 3.23. The van der Waals surface area contributed by atoms with Gasteiger partial charge in [-0.3, -0.25) is 0 Å². The highest BCUT2D eigenvalue weighted by Gasteiger charge is 2.25. The van der Waals surface area contributed by atoms with Crippen molar-refractivity contribution in [2.45, 2.75) is 43.3 Å². The molecule has 4 heteroatoms. The van der Waals surface area contributed by atoms with Crippen LogP contribution in [0.15, 0.2) is 41.7 Å². The first-order chi connectivity index (χ1) is 9.78. The van der Waals surface area contributed by atoms with Gasteiger partial charge in [-0.15, -0.1) is 11.8 Å². The number of hydrogen-bond acceptors (Lipinski definition) is 3. The minimum Gasteiger partial charge on any atom is -0.330 e. The fraction of sp³-hybridized carbons (Fsp3) is 0.438. The highest BCUT2D eigenvalue weighted by atomic mass is 32.2. The Kier molecular flexibility index (Phi) is 4.13. The molecule has 1 atom stereocenters. The molecule has 0 bridgehead atoms. The lowest BCUT2D eigenvalue weighted by Crippen LogP contribution is -2.19. The molecular weight excluding hydrogens is 266 g/mol. The monoisotopic (exact) mass is 287 g/mol. The third-order valence-corrected chi connectivity index (χ3v) is 4.64.